The van der Waals surface area contributed by atoms with Crippen molar-refractivity contribution in [1.82, 2.24) is 14.0 Å². The lowest BCUT2D eigenvalue weighted by molar-refractivity contribution is 0.0694. The van der Waals surface area contributed by atoms with Crippen LogP contribution in [0.25, 0.3) is 21.8 Å². The summed E-state index contributed by atoms with van der Waals surface area (Å²) in [6.45, 7) is 1.82. The van der Waals surface area contributed by atoms with E-state index in [-0.39, 0.29) is 45.6 Å². The second kappa shape index (κ2) is 12.3. The Morgan fingerprint density at radius 1 is 1.22 bits per heavy atom. The number of rotatable bonds is 9. The first-order valence-corrected chi connectivity index (χ1v) is 15.3. The lowest BCUT2D eigenvalue weighted by atomic mass is 10.0. The minimum atomic E-state index is -1.36. The summed E-state index contributed by atoms with van der Waals surface area (Å²) >= 11 is 4.76. The Morgan fingerprint density at radius 2 is 1.98 bits per heavy atom. The average molecular weight is 654 g/mol. The number of nitrogens with two attached hydrogens (primary N) is 1. The van der Waals surface area contributed by atoms with Gasteiger partial charge in [0.05, 0.1) is 23.5 Å². The number of fused-ring (bicyclic) bond motifs is 2. The number of carbonyl (C=O) groups is 1. The number of anilines is 1. The van der Waals surface area contributed by atoms with Gasteiger partial charge in [-0.25, -0.2) is 13.6 Å². The summed E-state index contributed by atoms with van der Waals surface area (Å²) in [6.07, 6.45) is 4.55. The third-order valence-corrected chi connectivity index (χ3v) is 8.89. The topological polar surface area (TPSA) is 151 Å². The number of carboxylic acids is 1. The fraction of sp³-hybridized carbons (Fsp3) is 0.387. The zero-order valence-corrected chi connectivity index (χ0v) is 26.1. The molecular formula is C31H33F2N7O5S. The van der Waals surface area contributed by atoms with Crippen molar-refractivity contribution in [2.24, 2.45) is 16.0 Å². The molecule has 12 nitrogen and oxygen atoms in total. The number of aromatic carboxylic acids is 1. The van der Waals surface area contributed by atoms with Crippen molar-refractivity contribution in [3.63, 3.8) is 0 Å². The highest BCUT2D eigenvalue weighted by Gasteiger charge is 2.33. The van der Waals surface area contributed by atoms with Crippen molar-refractivity contribution >= 4 is 56.5 Å². The first-order valence-electron chi connectivity index (χ1n) is 14.9. The second-order valence-corrected chi connectivity index (χ2v) is 12.1. The van der Waals surface area contributed by atoms with Gasteiger partial charge in [-0.05, 0) is 69.2 Å². The molecule has 1 saturated heterocycles. The zero-order chi connectivity index (χ0) is 32.9. The Balaban J connectivity index is 1.29. The van der Waals surface area contributed by atoms with E-state index in [2.05, 4.69) is 15.1 Å². The van der Waals surface area contributed by atoms with Crippen LogP contribution in [0.5, 0.6) is 11.6 Å². The van der Waals surface area contributed by atoms with Gasteiger partial charge in [0.2, 0.25) is 16.4 Å². The number of pyridine rings is 1. The van der Waals surface area contributed by atoms with E-state index in [1.54, 1.807) is 15.2 Å². The van der Waals surface area contributed by atoms with Gasteiger partial charge in [0.15, 0.2) is 17.3 Å². The van der Waals surface area contributed by atoms with Crippen LogP contribution in [0.4, 0.5) is 20.2 Å². The zero-order valence-electron chi connectivity index (χ0n) is 25.2. The Labute approximate surface area is 267 Å². The predicted octanol–water partition coefficient (Wildman–Crippen LogP) is 4.91. The SMILES string of the molecule is COc1c(N2CCCC(N(C)CCn3c(O)c(N=NC(N)=S)c4cc(F)ccc43)C2)c(F)cc2c(=O)c(C(=O)O)cn(C3CC3)c12. The molecule has 1 saturated carbocycles. The van der Waals surface area contributed by atoms with Crippen LogP contribution in [0, 0.1) is 11.6 Å². The van der Waals surface area contributed by atoms with Crippen LogP contribution >= 0.6 is 12.2 Å². The summed E-state index contributed by atoms with van der Waals surface area (Å²) in [5, 5.41) is 28.4. The normalized spacial score (nSPS) is 17.1. The molecule has 3 heterocycles. The molecule has 1 aliphatic heterocycles. The summed E-state index contributed by atoms with van der Waals surface area (Å²) in [7, 11) is 3.36. The summed E-state index contributed by atoms with van der Waals surface area (Å²) in [5.41, 5.74) is 5.52. The molecule has 0 radical (unpaired) electrons. The number of azo groups is 1. The fourth-order valence-corrected chi connectivity index (χ4v) is 6.44. The van der Waals surface area contributed by atoms with Gasteiger partial charge in [-0.2, -0.15) is 0 Å². The number of benzene rings is 2. The molecule has 1 unspecified atom stereocenters. The van der Waals surface area contributed by atoms with Gasteiger partial charge in [-0.1, -0.05) is 0 Å². The molecule has 4 aromatic rings. The minimum absolute atomic E-state index is 0.000202. The molecule has 1 atom stereocenters. The quantitative estimate of drug-likeness (QED) is 0.169. The van der Waals surface area contributed by atoms with Crippen LogP contribution in [0.15, 0.2) is 45.5 Å². The molecule has 2 aromatic carbocycles. The molecule has 242 valence electrons. The van der Waals surface area contributed by atoms with E-state index in [0.29, 0.717) is 42.6 Å². The van der Waals surface area contributed by atoms with Gasteiger partial charge < -0.3 is 34.7 Å². The Bertz CT molecular complexity index is 1970. The van der Waals surface area contributed by atoms with E-state index in [9.17, 15) is 24.2 Å². The number of carboxylic acid groups (broad SMARTS) is 1. The molecule has 2 aliphatic rings. The minimum Gasteiger partial charge on any atom is -0.493 e. The molecule has 0 spiro atoms. The van der Waals surface area contributed by atoms with E-state index < -0.39 is 28.6 Å². The van der Waals surface area contributed by atoms with Crippen molar-refractivity contribution in [3.05, 3.63) is 57.9 Å². The van der Waals surface area contributed by atoms with Crippen LogP contribution in [0.2, 0.25) is 0 Å². The molecule has 0 amide bonds. The monoisotopic (exact) mass is 653 g/mol. The average Bonchev–Trinajstić information content (AvgIpc) is 3.83. The number of ether oxygens (including phenoxy) is 1. The van der Waals surface area contributed by atoms with Crippen molar-refractivity contribution < 1.29 is 28.5 Å². The summed E-state index contributed by atoms with van der Waals surface area (Å²) in [5.74, 6) is -2.52. The van der Waals surface area contributed by atoms with Crippen LogP contribution in [0.3, 0.4) is 0 Å². The molecule has 2 fully saturated rings. The highest BCUT2D eigenvalue weighted by molar-refractivity contribution is 7.80. The lowest BCUT2D eigenvalue weighted by Gasteiger charge is -2.39. The highest BCUT2D eigenvalue weighted by Crippen LogP contribution is 2.44. The Kier molecular flexibility index (Phi) is 8.37. The predicted molar refractivity (Wildman–Crippen MR) is 173 cm³/mol. The second-order valence-electron chi connectivity index (χ2n) is 11.7. The number of methoxy groups -OCH3 is 1. The van der Waals surface area contributed by atoms with Crippen molar-refractivity contribution in [2.75, 3.05) is 38.7 Å². The molecule has 1 aliphatic carbocycles. The summed E-state index contributed by atoms with van der Waals surface area (Å²) in [4.78, 5) is 28.9. The van der Waals surface area contributed by atoms with Gasteiger partial charge in [-0.15, -0.1) is 10.2 Å². The molecule has 0 bridgehead atoms. The number of piperidine rings is 1. The van der Waals surface area contributed by atoms with Gasteiger partial charge in [0.25, 0.3) is 0 Å². The van der Waals surface area contributed by atoms with Crippen molar-refractivity contribution in [3.8, 4) is 11.6 Å². The van der Waals surface area contributed by atoms with Crippen molar-refractivity contribution in [1.29, 1.82) is 0 Å². The number of halogens is 2. The van der Waals surface area contributed by atoms with Crippen LogP contribution in [0.1, 0.15) is 42.1 Å². The standard InChI is InChI=1S/C31H33F2N7O5S/c1-37(10-11-39-23-8-5-16(32)12-19(23)24(29(39)42)35-36-31(34)46)18-4-3-9-38(14-18)26-22(33)13-20-25(28(26)45-2)40(17-6-7-17)15-21(27(20)41)30(43)44/h5,8,12-13,15,17-18,42H,3-4,6-7,9-11,14H2,1-2H3,(H2,34,46)(H,43,44). The van der Waals surface area contributed by atoms with Gasteiger partial charge >= 0.3 is 5.97 Å². The van der Waals surface area contributed by atoms with E-state index >= 15 is 4.39 Å². The first kappa shape index (κ1) is 31.4. The van der Waals surface area contributed by atoms with Crippen LogP contribution in [-0.2, 0) is 6.54 Å². The molecular weight excluding hydrogens is 620 g/mol. The maximum Gasteiger partial charge on any atom is 0.341 e. The maximum atomic E-state index is 15.9. The van der Waals surface area contributed by atoms with Gasteiger partial charge in [-0.3, -0.25) is 9.69 Å². The number of thiocarbonyl (C=S) groups is 1. The third kappa shape index (κ3) is 5.64. The van der Waals surface area contributed by atoms with E-state index in [0.717, 1.165) is 31.7 Å². The summed E-state index contributed by atoms with van der Waals surface area (Å²) < 4.78 is 39.1. The fourth-order valence-electron chi connectivity index (χ4n) is 6.40. The maximum absolute atomic E-state index is 15.9. The largest absolute Gasteiger partial charge is 0.493 e. The molecule has 46 heavy (non-hydrogen) atoms. The Hall–Kier alpha value is -4.63. The molecule has 2 aromatic heterocycles. The highest BCUT2D eigenvalue weighted by atomic mass is 32.1. The number of aromatic nitrogens is 2. The third-order valence-electron chi connectivity index (χ3n) is 8.81. The number of hydrogen-bond donors (Lipinski definition) is 3. The number of aromatic hydroxyl groups is 1. The van der Waals surface area contributed by atoms with Gasteiger partial charge in [0.1, 0.15) is 17.1 Å². The van der Waals surface area contributed by atoms with E-state index in [1.807, 2.05) is 11.9 Å². The lowest BCUT2D eigenvalue weighted by Crippen LogP contribution is -2.47. The summed E-state index contributed by atoms with van der Waals surface area (Å²) in [6, 6.07) is 5.24. The van der Waals surface area contributed by atoms with E-state index in [4.69, 9.17) is 22.7 Å². The first-order chi connectivity index (χ1) is 22.0. The van der Waals surface area contributed by atoms with Gasteiger partial charge in [0, 0.05) is 49.8 Å². The number of likely N-dealkylation sites (N-methyl/N-ethyl adjacent to an activating group) is 1. The molecule has 4 N–H and O–H groups in total. The van der Waals surface area contributed by atoms with Crippen molar-refractivity contribution in [2.45, 2.75) is 44.3 Å². The molecule has 6 rings (SSSR count). The van der Waals surface area contributed by atoms with E-state index in [1.165, 1.54) is 25.4 Å². The van der Waals surface area contributed by atoms with Crippen LogP contribution in [-0.4, -0.2) is 75.2 Å². The smallest absolute Gasteiger partial charge is 0.341 e. The van der Waals surface area contributed by atoms with Crippen LogP contribution < -0.4 is 20.8 Å². The Morgan fingerprint density at radius 3 is 2.65 bits per heavy atom. The number of hydrogen-bond acceptors (Lipinski definition) is 8. The number of nitrogens with zero attached hydrogens (tertiary/aromatic N) is 6. The molecule has 15 heteroatoms.